The lowest BCUT2D eigenvalue weighted by molar-refractivity contribution is -0.385. The fraction of sp³-hybridized carbons (Fsp3) is 0.333. The molecule has 2 aromatic rings. The van der Waals surface area contributed by atoms with Crippen molar-refractivity contribution in [3.05, 3.63) is 69.8 Å². The summed E-state index contributed by atoms with van der Waals surface area (Å²) in [5.41, 5.74) is -0.552. The number of nitro groups is 1. The van der Waals surface area contributed by atoms with Crippen molar-refractivity contribution in [3.63, 3.8) is 0 Å². The third-order valence-corrected chi connectivity index (χ3v) is 4.16. The van der Waals surface area contributed by atoms with Crippen LogP contribution in [-0.2, 0) is 22.5 Å². The van der Waals surface area contributed by atoms with Gasteiger partial charge in [0.15, 0.2) is 0 Å². The summed E-state index contributed by atoms with van der Waals surface area (Å²) >= 11 is 0. The number of carbonyl (C=O) groups is 2. The molecule has 0 aliphatic heterocycles. The lowest BCUT2D eigenvalue weighted by atomic mass is 10.0. The third kappa shape index (κ3) is 6.20. The molecule has 30 heavy (non-hydrogen) atoms. The Kier molecular flexibility index (Phi) is 6.99. The van der Waals surface area contributed by atoms with Crippen LogP contribution in [0.4, 0.5) is 10.5 Å². The molecular formula is C21H24N2O7. The second kappa shape index (κ2) is 9.25. The number of nitro benzene ring substituents is 1. The molecule has 0 unspecified atom stereocenters. The maximum atomic E-state index is 12.8. The highest BCUT2D eigenvalue weighted by Crippen LogP contribution is 2.27. The number of hydrogen-bond donors (Lipinski definition) is 2. The second-order valence-electron chi connectivity index (χ2n) is 7.72. The van der Waals surface area contributed by atoms with Crippen LogP contribution in [0.1, 0.15) is 31.9 Å². The van der Waals surface area contributed by atoms with Gasteiger partial charge in [-0.25, -0.2) is 9.59 Å². The van der Waals surface area contributed by atoms with Crippen molar-refractivity contribution in [2.24, 2.45) is 0 Å². The molecule has 0 spiro atoms. The minimum absolute atomic E-state index is 0.00554. The molecule has 0 aliphatic rings. The van der Waals surface area contributed by atoms with Crippen molar-refractivity contribution < 1.29 is 29.5 Å². The second-order valence-corrected chi connectivity index (χ2v) is 7.72. The number of nitrogens with zero attached hydrogens (tertiary/aromatic N) is 2. The maximum Gasteiger partial charge on any atom is 0.411 e. The topological polar surface area (TPSA) is 130 Å². The smallest absolute Gasteiger partial charge is 0.411 e. The number of rotatable bonds is 7. The van der Waals surface area contributed by atoms with E-state index >= 15 is 0 Å². The quantitative estimate of drug-likeness (QED) is 0.519. The Morgan fingerprint density at radius 1 is 1.17 bits per heavy atom. The number of aliphatic carboxylic acids is 1. The predicted molar refractivity (Wildman–Crippen MR) is 108 cm³/mol. The first-order chi connectivity index (χ1) is 14.0. The van der Waals surface area contributed by atoms with Gasteiger partial charge in [0.1, 0.15) is 17.4 Å². The molecule has 0 aliphatic carbocycles. The molecule has 0 saturated heterocycles. The van der Waals surface area contributed by atoms with E-state index in [2.05, 4.69) is 0 Å². The van der Waals surface area contributed by atoms with Crippen molar-refractivity contribution in [2.75, 3.05) is 0 Å². The summed E-state index contributed by atoms with van der Waals surface area (Å²) in [4.78, 5) is 36.6. The molecule has 2 rings (SSSR count). The van der Waals surface area contributed by atoms with E-state index in [1.54, 1.807) is 51.1 Å². The van der Waals surface area contributed by atoms with Crippen molar-refractivity contribution in [2.45, 2.75) is 45.4 Å². The fourth-order valence-corrected chi connectivity index (χ4v) is 2.86. The van der Waals surface area contributed by atoms with E-state index in [1.807, 2.05) is 0 Å². The summed E-state index contributed by atoms with van der Waals surface area (Å²) in [7, 11) is 0. The van der Waals surface area contributed by atoms with Gasteiger partial charge in [0, 0.05) is 24.6 Å². The van der Waals surface area contributed by atoms with Gasteiger partial charge in [-0.2, -0.15) is 0 Å². The van der Waals surface area contributed by atoms with Gasteiger partial charge in [-0.3, -0.25) is 15.0 Å². The molecule has 0 radical (unpaired) electrons. The molecular weight excluding hydrogens is 392 g/mol. The highest BCUT2D eigenvalue weighted by atomic mass is 16.6. The zero-order chi connectivity index (χ0) is 22.5. The Hall–Kier alpha value is -3.62. The van der Waals surface area contributed by atoms with Gasteiger partial charge in [-0.15, -0.1) is 0 Å². The zero-order valence-electron chi connectivity index (χ0n) is 16.9. The van der Waals surface area contributed by atoms with E-state index in [4.69, 9.17) is 4.74 Å². The number of amides is 1. The SMILES string of the molecule is CC(C)(C)OC(=O)N(Cc1ccccc1)[C@@H](Cc1cc(O)ccc1[N+](=O)[O-])C(=O)O. The van der Waals surface area contributed by atoms with Gasteiger partial charge in [0.25, 0.3) is 5.69 Å². The maximum absolute atomic E-state index is 12.8. The number of aromatic hydroxyl groups is 1. The number of hydrogen-bond acceptors (Lipinski definition) is 6. The van der Waals surface area contributed by atoms with Gasteiger partial charge in [0.05, 0.1) is 4.92 Å². The number of carboxylic acid groups (broad SMARTS) is 1. The van der Waals surface area contributed by atoms with Crippen LogP contribution in [0.2, 0.25) is 0 Å². The Bertz CT molecular complexity index is 923. The minimum atomic E-state index is -1.46. The van der Waals surface area contributed by atoms with Gasteiger partial charge in [-0.1, -0.05) is 30.3 Å². The molecule has 9 heteroatoms. The Labute approximate surface area is 173 Å². The Morgan fingerprint density at radius 2 is 1.80 bits per heavy atom. The van der Waals surface area contributed by atoms with Gasteiger partial charge < -0.3 is 14.9 Å². The van der Waals surface area contributed by atoms with Crippen LogP contribution in [0.5, 0.6) is 5.75 Å². The zero-order valence-corrected chi connectivity index (χ0v) is 16.9. The van der Waals surface area contributed by atoms with Gasteiger partial charge >= 0.3 is 12.1 Å². The van der Waals surface area contributed by atoms with E-state index in [0.29, 0.717) is 5.56 Å². The number of ether oxygens (including phenoxy) is 1. The van der Waals surface area contributed by atoms with Crippen molar-refractivity contribution >= 4 is 17.7 Å². The third-order valence-electron chi connectivity index (χ3n) is 4.16. The van der Waals surface area contributed by atoms with Gasteiger partial charge in [0.2, 0.25) is 0 Å². The van der Waals surface area contributed by atoms with Crippen LogP contribution in [0.25, 0.3) is 0 Å². The molecule has 0 heterocycles. The minimum Gasteiger partial charge on any atom is -0.508 e. The largest absolute Gasteiger partial charge is 0.508 e. The van der Waals surface area contributed by atoms with Crippen LogP contribution in [0.3, 0.4) is 0 Å². The van der Waals surface area contributed by atoms with Crippen LogP contribution in [0, 0.1) is 10.1 Å². The summed E-state index contributed by atoms with van der Waals surface area (Å²) < 4.78 is 5.38. The average Bonchev–Trinajstić information content (AvgIpc) is 2.63. The number of carboxylic acids is 1. The summed E-state index contributed by atoms with van der Waals surface area (Å²) in [6.07, 6.45) is -1.24. The van der Waals surface area contributed by atoms with E-state index < -0.39 is 28.6 Å². The van der Waals surface area contributed by atoms with E-state index in [-0.39, 0.29) is 30.0 Å². The molecule has 1 atom stereocenters. The summed E-state index contributed by atoms with van der Waals surface area (Å²) in [5.74, 6) is -1.60. The Balaban J connectivity index is 2.46. The summed E-state index contributed by atoms with van der Waals surface area (Å²) in [5, 5.41) is 30.9. The fourth-order valence-electron chi connectivity index (χ4n) is 2.86. The summed E-state index contributed by atoms with van der Waals surface area (Å²) in [6.45, 7) is 4.89. The predicted octanol–water partition coefficient (Wildman–Crippen LogP) is 3.73. The molecule has 2 N–H and O–H groups in total. The number of carbonyl (C=O) groups excluding carboxylic acids is 1. The monoisotopic (exact) mass is 416 g/mol. The van der Waals surface area contributed by atoms with Crippen molar-refractivity contribution in [1.82, 2.24) is 4.90 Å². The van der Waals surface area contributed by atoms with Crippen LogP contribution in [0.15, 0.2) is 48.5 Å². The van der Waals surface area contributed by atoms with Crippen LogP contribution < -0.4 is 0 Å². The lowest BCUT2D eigenvalue weighted by Gasteiger charge is -2.31. The average molecular weight is 416 g/mol. The molecule has 0 bridgehead atoms. The van der Waals surface area contributed by atoms with Gasteiger partial charge in [-0.05, 0) is 38.5 Å². The molecule has 160 valence electrons. The first-order valence-electron chi connectivity index (χ1n) is 9.20. The molecule has 0 aromatic heterocycles. The highest BCUT2D eigenvalue weighted by molar-refractivity contribution is 5.80. The molecule has 0 saturated carbocycles. The van der Waals surface area contributed by atoms with Crippen LogP contribution in [-0.4, -0.2) is 43.7 Å². The number of benzene rings is 2. The van der Waals surface area contributed by atoms with E-state index in [1.165, 1.54) is 0 Å². The van der Waals surface area contributed by atoms with Crippen LogP contribution >= 0.6 is 0 Å². The van der Waals surface area contributed by atoms with Crippen molar-refractivity contribution in [3.8, 4) is 5.75 Å². The van der Waals surface area contributed by atoms with E-state index in [9.17, 15) is 29.9 Å². The molecule has 2 aromatic carbocycles. The Morgan fingerprint density at radius 3 is 2.33 bits per heavy atom. The molecule has 0 fully saturated rings. The van der Waals surface area contributed by atoms with Crippen molar-refractivity contribution in [1.29, 1.82) is 0 Å². The lowest BCUT2D eigenvalue weighted by Crippen LogP contribution is -2.48. The normalized spacial score (nSPS) is 12.1. The number of phenols is 1. The van der Waals surface area contributed by atoms with E-state index in [0.717, 1.165) is 23.1 Å². The number of phenolic OH excluding ortho intramolecular Hbond substituents is 1. The highest BCUT2D eigenvalue weighted by Gasteiger charge is 2.35. The molecule has 1 amide bonds. The standard InChI is InChI=1S/C21H24N2O7/c1-21(2,3)30-20(27)22(13-14-7-5-4-6-8-14)18(19(25)26)12-15-11-16(24)9-10-17(15)23(28)29/h4-11,18,24H,12-13H2,1-3H3,(H,25,26)/t18-/m0/s1. The first-order valence-corrected chi connectivity index (χ1v) is 9.20. The first kappa shape index (κ1) is 22.7. The summed E-state index contributed by atoms with van der Waals surface area (Å²) in [6, 6.07) is 10.7. The molecule has 9 nitrogen and oxygen atoms in total.